The van der Waals surface area contributed by atoms with Crippen LogP contribution in [0.1, 0.15) is 30.1 Å². The van der Waals surface area contributed by atoms with Gasteiger partial charge in [-0.2, -0.15) is 0 Å². The Balaban J connectivity index is 1.41. The predicted octanol–water partition coefficient (Wildman–Crippen LogP) is 3.17. The van der Waals surface area contributed by atoms with Gasteiger partial charge in [0.2, 0.25) is 5.91 Å². The Kier molecular flexibility index (Phi) is 5.89. The van der Waals surface area contributed by atoms with Gasteiger partial charge in [0.05, 0.1) is 13.1 Å². The van der Waals surface area contributed by atoms with E-state index in [1.54, 1.807) is 6.20 Å². The molecular weight excluding hydrogens is 362 g/mol. The monoisotopic (exact) mass is 389 g/mol. The minimum absolute atomic E-state index is 0.173. The summed E-state index contributed by atoms with van der Waals surface area (Å²) in [6, 6.07) is 14.1. The average Bonchev–Trinajstić information content (AvgIpc) is 3.23. The first-order valence-electron chi connectivity index (χ1n) is 10.1. The maximum Gasteiger partial charge on any atom is 0.242 e. The van der Waals surface area contributed by atoms with Crippen LogP contribution in [0.3, 0.4) is 0 Å². The Hall–Kier alpha value is -3.15. The first kappa shape index (κ1) is 19.2. The highest BCUT2D eigenvalue weighted by Crippen LogP contribution is 2.26. The van der Waals surface area contributed by atoms with E-state index >= 15 is 0 Å². The second-order valence-corrected chi connectivity index (χ2v) is 7.65. The van der Waals surface area contributed by atoms with Gasteiger partial charge in [0.1, 0.15) is 5.82 Å². The third kappa shape index (κ3) is 4.65. The molecule has 29 heavy (non-hydrogen) atoms. The van der Waals surface area contributed by atoms with Crippen LogP contribution in [-0.4, -0.2) is 52.0 Å². The number of likely N-dealkylation sites (tertiary alicyclic amines) is 1. The van der Waals surface area contributed by atoms with Crippen molar-refractivity contribution in [3.63, 3.8) is 0 Å². The van der Waals surface area contributed by atoms with Gasteiger partial charge in [0, 0.05) is 56.5 Å². The van der Waals surface area contributed by atoms with E-state index in [1.807, 2.05) is 71.8 Å². The first-order valence-corrected chi connectivity index (χ1v) is 10.1. The number of imidazole rings is 1. The van der Waals surface area contributed by atoms with Gasteiger partial charge in [-0.3, -0.25) is 9.78 Å². The number of para-hydroxylation sites is 1. The molecule has 0 N–H and O–H groups in total. The molecule has 6 heteroatoms. The molecule has 0 saturated carbocycles. The minimum atomic E-state index is 0.173. The number of piperidine rings is 1. The van der Waals surface area contributed by atoms with Gasteiger partial charge in [-0.25, -0.2) is 4.98 Å². The quantitative estimate of drug-likeness (QED) is 0.650. The smallest absolute Gasteiger partial charge is 0.242 e. The van der Waals surface area contributed by atoms with E-state index in [0.717, 1.165) is 49.6 Å². The SMILES string of the molecule is CN(CC(=O)N1CCC[C@H](c2nccn2Cc2cccnc2)C1)c1ccccc1. The number of carbonyl (C=O) groups excluding carboxylic acids is 1. The van der Waals surface area contributed by atoms with Crippen molar-refractivity contribution in [2.45, 2.75) is 25.3 Å². The maximum atomic E-state index is 12.9. The highest BCUT2D eigenvalue weighted by molar-refractivity contribution is 5.81. The van der Waals surface area contributed by atoms with Gasteiger partial charge in [-0.1, -0.05) is 24.3 Å². The van der Waals surface area contributed by atoms with Crippen molar-refractivity contribution < 1.29 is 4.79 Å². The summed E-state index contributed by atoms with van der Waals surface area (Å²) in [7, 11) is 1.97. The lowest BCUT2D eigenvalue weighted by Gasteiger charge is -2.34. The molecule has 1 aliphatic rings. The minimum Gasteiger partial charge on any atom is -0.365 e. The first-order chi connectivity index (χ1) is 14.2. The van der Waals surface area contributed by atoms with E-state index in [0.29, 0.717) is 6.54 Å². The molecule has 0 spiro atoms. The molecule has 2 aromatic heterocycles. The molecule has 1 saturated heterocycles. The summed E-state index contributed by atoms with van der Waals surface area (Å²) in [5.41, 5.74) is 2.21. The van der Waals surface area contributed by atoms with E-state index in [1.165, 1.54) is 0 Å². The van der Waals surface area contributed by atoms with E-state index in [-0.39, 0.29) is 11.8 Å². The van der Waals surface area contributed by atoms with Gasteiger partial charge in [0.15, 0.2) is 0 Å². The summed E-state index contributed by atoms with van der Waals surface area (Å²) in [6.45, 7) is 2.69. The number of benzene rings is 1. The number of hydrogen-bond donors (Lipinski definition) is 0. The standard InChI is InChI=1S/C23H27N5O/c1-26(21-9-3-2-4-10-21)18-22(29)27-13-6-8-20(17-27)23-25-12-14-28(23)16-19-7-5-11-24-15-19/h2-5,7,9-12,14-15,20H,6,8,13,16-18H2,1H3/t20-/m0/s1. The Bertz CT molecular complexity index is 925. The fraction of sp³-hybridized carbons (Fsp3) is 0.348. The molecule has 1 atom stereocenters. The summed E-state index contributed by atoms with van der Waals surface area (Å²) >= 11 is 0. The molecule has 150 valence electrons. The molecule has 3 heterocycles. The maximum absolute atomic E-state index is 12.9. The van der Waals surface area contributed by atoms with Crippen LogP contribution in [0, 0.1) is 0 Å². The number of likely N-dealkylation sites (N-methyl/N-ethyl adjacent to an activating group) is 1. The summed E-state index contributed by atoms with van der Waals surface area (Å²) in [6.07, 6.45) is 9.62. The highest BCUT2D eigenvalue weighted by atomic mass is 16.2. The van der Waals surface area contributed by atoms with E-state index < -0.39 is 0 Å². The van der Waals surface area contributed by atoms with Crippen LogP contribution in [0.25, 0.3) is 0 Å². The lowest BCUT2D eigenvalue weighted by molar-refractivity contribution is -0.130. The van der Waals surface area contributed by atoms with Crippen LogP contribution < -0.4 is 4.90 Å². The normalized spacial score (nSPS) is 16.6. The number of amides is 1. The predicted molar refractivity (Wildman–Crippen MR) is 114 cm³/mol. The van der Waals surface area contributed by atoms with Gasteiger partial charge in [-0.05, 0) is 36.6 Å². The summed E-state index contributed by atoms with van der Waals surface area (Å²) in [4.78, 5) is 25.8. The number of hydrogen-bond acceptors (Lipinski definition) is 4. The Labute approximate surface area is 171 Å². The van der Waals surface area contributed by atoms with Gasteiger partial charge in [0.25, 0.3) is 0 Å². The summed E-state index contributed by atoms with van der Waals surface area (Å²) < 4.78 is 2.19. The van der Waals surface area contributed by atoms with Gasteiger partial charge < -0.3 is 14.4 Å². The van der Waals surface area contributed by atoms with E-state index in [2.05, 4.69) is 20.6 Å². The zero-order chi connectivity index (χ0) is 20.1. The van der Waals surface area contributed by atoms with Crippen LogP contribution in [0.4, 0.5) is 5.69 Å². The van der Waals surface area contributed by atoms with Crippen molar-refractivity contribution in [1.82, 2.24) is 19.4 Å². The van der Waals surface area contributed by atoms with Crippen LogP contribution in [-0.2, 0) is 11.3 Å². The largest absolute Gasteiger partial charge is 0.365 e. The van der Waals surface area contributed by atoms with Crippen molar-refractivity contribution in [3.8, 4) is 0 Å². The van der Waals surface area contributed by atoms with Gasteiger partial charge in [-0.15, -0.1) is 0 Å². The van der Waals surface area contributed by atoms with Gasteiger partial charge >= 0.3 is 0 Å². The molecule has 0 bridgehead atoms. The van der Waals surface area contributed by atoms with E-state index in [4.69, 9.17) is 0 Å². The molecule has 3 aromatic rings. The average molecular weight is 390 g/mol. The lowest BCUT2D eigenvalue weighted by Crippen LogP contribution is -2.44. The zero-order valence-corrected chi connectivity index (χ0v) is 16.8. The highest BCUT2D eigenvalue weighted by Gasteiger charge is 2.28. The second kappa shape index (κ2) is 8.90. The number of anilines is 1. The molecule has 1 aromatic carbocycles. The van der Waals surface area contributed by atoms with Crippen molar-refractivity contribution in [3.05, 3.63) is 78.6 Å². The van der Waals surface area contributed by atoms with Crippen molar-refractivity contribution in [1.29, 1.82) is 0 Å². The number of rotatable bonds is 6. The molecule has 4 rings (SSSR count). The van der Waals surface area contributed by atoms with Crippen LogP contribution in [0.15, 0.2) is 67.3 Å². The molecule has 0 aliphatic carbocycles. The van der Waals surface area contributed by atoms with Crippen molar-refractivity contribution >= 4 is 11.6 Å². The third-order valence-electron chi connectivity index (χ3n) is 5.53. The Morgan fingerprint density at radius 2 is 2.03 bits per heavy atom. The molecule has 1 amide bonds. The zero-order valence-electron chi connectivity index (χ0n) is 16.8. The molecule has 6 nitrogen and oxygen atoms in total. The molecule has 1 fully saturated rings. The number of nitrogens with zero attached hydrogens (tertiary/aromatic N) is 5. The van der Waals surface area contributed by atoms with Crippen molar-refractivity contribution in [2.75, 3.05) is 31.6 Å². The summed E-state index contributed by atoms with van der Waals surface area (Å²) in [5, 5.41) is 0. The second-order valence-electron chi connectivity index (χ2n) is 7.65. The number of pyridine rings is 1. The van der Waals surface area contributed by atoms with Crippen molar-refractivity contribution in [2.24, 2.45) is 0 Å². The fourth-order valence-corrected chi connectivity index (χ4v) is 3.99. The van der Waals surface area contributed by atoms with Crippen LogP contribution in [0.5, 0.6) is 0 Å². The lowest BCUT2D eigenvalue weighted by atomic mass is 9.97. The fourth-order valence-electron chi connectivity index (χ4n) is 3.99. The van der Waals surface area contributed by atoms with Crippen LogP contribution >= 0.6 is 0 Å². The molecule has 1 aliphatic heterocycles. The van der Waals surface area contributed by atoms with E-state index in [9.17, 15) is 4.79 Å². The third-order valence-corrected chi connectivity index (χ3v) is 5.53. The molecular formula is C23H27N5O. The topological polar surface area (TPSA) is 54.3 Å². The number of aromatic nitrogens is 3. The number of carbonyl (C=O) groups is 1. The molecule has 0 unspecified atom stereocenters. The van der Waals surface area contributed by atoms with Crippen LogP contribution in [0.2, 0.25) is 0 Å². The summed E-state index contributed by atoms with van der Waals surface area (Å²) in [5.74, 6) is 1.50. The molecule has 0 radical (unpaired) electrons. The Morgan fingerprint density at radius 3 is 2.83 bits per heavy atom. The Morgan fingerprint density at radius 1 is 1.17 bits per heavy atom.